The number of piperidine rings is 1. The van der Waals surface area contributed by atoms with Crippen LogP contribution in [0.4, 0.5) is 4.39 Å². The van der Waals surface area contributed by atoms with E-state index in [-0.39, 0.29) is 29.5 Å². The third kappa shape index (κ3) is 5.11. The number of hydrogen-bond donors (Lipinski definition) is 1. The van der Waals surface area contributed by atoms with Gasteiger partial charge in [0, 0.05) is 22.7 Å². The number of aryl methyl sites for hydroxylation is 1. The first-order valence-electron chi connectivity index (χ1n) is 12.9. The highest BCUT2D eigenvalue weighted by Gasteiger charge is 2.48. The van der Waals surface area contributed by atoms with E-state index in [4.69, 9.17) is 11.6 Å². The Balaban J connectivity index is 1.62. The number of halogens is 2. The summed E-state index contributed by atoms with van der Waals surface area (Å²) in [7, 11) is 0. The number of rotatable bonds is 6. The fourth-order valence-electron chi connectivity index (χ4n) is 5.49. The van der Waals surface area contributed by atoms with Crippen LogP contribution in [-0.2, 0) is 9.59 Å². The predicted octanol–water partition coefficient (Wildman–Crippen LogP) is 6.44. The van der Waals surface area contributed by atoms with E-state index in [2.05, 4.69) is 4.90 Å². The Hall–Kier alpha value is -3.48. The number of Topliss-reactive ketones (excluding diaryl/α,β-unsaturated/α-hetero) is 1. The van der Waals surface area contributed by atoms with Crippen molar-refractivity contribution in [2.24, 2.45) is 0 Å². The largest absolute Gasteiger partial charge is 0.507 e. The summed E-state index contributed by atoms with van der Waals surface area (Å²) < 4.78 is 15.2. The maximum absolute atomic E-state index is 15.2. The average Bonchev–Trinajstić information content (AvgIpc) is 3.18. The first-order chi connectivity index (χ1) is 18.3. The SMILES string of the molecule is Cc1ccc(/C(O)=C2/C(=O)C(=O)N(CC(c3ccc(Cl)cc3)N3CCCCC3)C2c2ccccc2F)cc1. The molecule has 2 aliphatic rings. The van der Waals surface area contributed by atoms with Gasteiger partial charge in [-0.3, -0.25) is 14.5 Å². The summed E-state index contributed by atoms with van der Waals surface area (Å²) in [5, 5.41) is 11.9. The van der Waals surface area contributed by atoms with Crippen LogP contribution < -0.4 is 0 Å². The second-order valence-electron chi connectivity index (χ2n) is 10.0. The lowest BCUT2D eigenvalue weighted by Gasteiger charge is -2.38. The zero-order valence-corrected chi connectivity index (χ0v) is 22.0. The molecule has 0 saturated carbocycles. The van der Waals surface area contributed by atoms with Gasteiger partial charge in [0.15, 0.2) is 0 Å². The van der Waals surface area contributed by atoms with E-state index < -0.39 is 23.5 Å². The molecule has 5 rings (SSSR count). The Labute approximate surface area is 227 Å². The van der Waals surface area contributed by atoms with Gasteiger partial charge >= 0.3 is 0 Å². The fraction of sp³-hybridized carbons (Fsp3) is 0.290. The molecule has 1 N–H and O–H groups in total. The Bertz CT molecular complexity index is 1360. The van der Waals surface area contributed by atoms with Crippen molar-refractivity contribution in [3.8, 4) is 0 Å². The quantitative estimate of drug-likeness (QED) is 0.225. The lowest BCUT2D eigenvalue weighted by molar-refractivity contribution is -0.140. The molecule has 3 aromatic rings. The zero-order valence-electron chi connectivity index (χ0n) is 21.2. The normalized spacial score (nSPS) is 20.6. The maximum Gasteiger partial charge on any atom is 0.295 e. The molecule has 0 bridgehead atoms. The summed E-state index contributed by atoms with van der Waals surface area (Å²) in [4.78, 5) is 30.8. The van der Waals surface area contributed by atoms with Crippen LogP contribution in [0.15, 0.2) is 78.4 Å². The highest BCUT2D eigenvalue weighted by Crippen LogP contribution is 2.42. The van der Waals surface area contributed by atoms with E-state index in [1.54, 1.807) is 30.3 Å². The summed E-state index contributed by atoms with van der Waals surface area (Å²) in [6.45, 7) is 3.78. The molecule has 2 saturated heterocycles. The minimum Gasteiger partial charge on any atom is -0.507 e. The maximum atomic E-state index is 15.2. The molecule has 0 spiro atoms. The van der Waals surface area contributed by atoms with E-state index >= 15 is 4.39 Å². The second kappa shape index (κ2) is 11.1. The molecule has 2 unspecified atom stereocenters. The van der Waals surface area contributed by atoms with Gasteiger partial charge in [-0.25, -0.2) is 4.39 Å². The lowest BCUT2D eigenvalue weighted by Crippen LogP contribution is -2.42. The summed E-state index contributed by atoms with van der Waals surface area (Å²) in [6, 6.07) is 19.3. The highest BCUT2D eigenvalue weighted by molar-refractivity contribution is 6.46. The van der Waals surface area contributed by atoms with E-state index in [1.807, 2.05) is 43.3 Å². The van der Waals surface area contributed by atoms with Gasteiger partial charge < -0.3 is 10.0 Å². The first kappa shape index (κ1) is 26.1. The van der Waals surface area contributed by atoms with Gasteiger partial charge in [0.25, 0.3) is 11.7 Å². The number of carbonyl (C=O) groups is 2. The number of aliphatic hydroxyl groups excluding tert-OH is 1. The molecule has 2 fully saturated rings. The first-order valence-corrected chi connectivity index (χ1v) is 13.3. The standard InChI is InChI=1S/C31H30ClFN2O3/c1-20-9-11-22(12-10-20)29(36)27-28(24-7-3-4-8-25(24)33)35(31(38)30(27)37)19-26(34-17-5-2-6-18-34)21-13-15-23(32)16-14-21/h3-4,7-16,26,28,36H,2,5-6,17-19H2,1H3/b29-27-. The van der Waals surface area contributed by atoms with Crippen LogP contribution in [0.25, 0.3) is 5.76 Å². The van der Waals surface area contributed by atoms with Gasteiger partial charge in [0.1, 0.15) is 11.6 Å². The van der Waals surface area contributed by atoms with Gasteiger partial charge in [-0.2, -0.15) is 0 Å². The minimum absolute atomic E-state index is 0.0996. The summed E-state index contributed by atoms with van der Waals surface area (Å²) in [5.41, 5.74) is 2.43. The molecule has 0 aliphatic carbocycles. The predicted molar refractivity (Wildman–Crippen MR) is 146 cm³/mol. The number of carbonyl (C=O) groups excluding carboxylic acids is 2. The molecule has 196 valence electrons. The van der Waals surface area contributed by atoms with Gasteiger partial charge in [-0.05, 0) is 56.6 Å². The highest BCUT2D eigenvalue weighted by atomic mass is 35.5. The van der Waals surface area contributed by atoms with Crippen LogP contribution >= 0.6 is 11.6 Å². The number of hydrogen-bond acceptors (Lipinski definition) is 4. The van der Waals surface area contributed by atoms with Crippen molar-refractivity contribution in [3.63, 3.8) is 0 Å². The Morgan fingerprint density at radius 3 is 2.29 bits per heavy atom. The van der Waals surface area contributed by atoms with Crippen LogP contribution in [0.1, 0.15) is 53.6 Å². The molecule has 3 aromatic carbocycles. The zero-order chi connectivity index (χ0) is 26.8. The van der Waals surface area contributed by atoms with Crippen LogP contribution in [-0.4, -0.2) is 46.2 Å². The summed E-state index contributed by atoms with van der Waals surface area (Å²) in [5.74, 6) is -2.41. The Morgan fingerprint density at radius 2 is 1.63 bits per heavy atom. The third-order valence-corrected chi connectivity index (χ3v) is 7.77. The van der Waals surface area contributed by atoms with E-state index in [0.717, 1.165) is 43.5 Å². The second-order valence-corrected chi connectivity index (χ2v) is 10.4. The molecular formula is C31H30ClFN2O3. The number of likely N-dealkylation sites (tertiary alicyclic amines) is 2. The number of nitrogens with zero attached hydrogens (tertiary/aromatic N) is 2. The van der Waals surface area contributed by atoms with Gasteiger partial charge in [-0.1, -0.05) is 78.2 Å². The molecule has 2 heterocycles. The number of benzene rings is 3. The van der Waals surface area contributed by atoms with E-state index in [0.29, 0.717) is 10.6 Å². The molecule has 0 radical (unpaired) electrons. The Morgan fingerprint density at radius 1 is 0.974 bits per heavy atom. The molecule has 38 heavy (non-hydrogen) atoms. The molecule has 1 amide bonds. The average molecular weight is 533 g/mol. The van der Waals surface area contributed by atoms with Crippen molar-refractivity contribution in [3.05, 3.63) is 111 Å². The lowest BCUT2D eigenvalue weighted by atomic mass is 9.94. The smallest absolute Gasteiger partial charge is 0.295 e. The Kier molecular flexibility index (Phi) is 7.63. The third-order valence-electron chi connectivity index (χ3n) is 7.52. The van der Waals surface area contributed by atoms with Crippen molar-refractivity contribution in [2.75, 3.05) is 19.6 Å². The monoisotopic (exact) mass is 532 g/mol. The summed E-state index contributed by atoms with van der Waals surface area (Å²) >= 11 is 6.16. The van der Waals surface area contributed by atoms with Crippen molar-refractivity contribution >= 4 is 29.1 Å². The van der Waals surface area contributed by atoms with Crippen LogP contribution in [0.5, 0.6) is 0 Å². The van der Waals surface area contributed by atoms with Crippen molar-refractivity contribution in [1.29, 1.82) is 0 Å². The molecule has 2 aliphatic heterocycles. The number of ketones is 1. The number of aliphatic hydroxyl groups is 1. The molecule has 7 heteroatoms. The van der Waals surface area contributed by atoms with Crippen LogP contribution in [0.2, 0.25) is 5.02 Å². The summed E-state index contributed by atoms with van der Waals surface area (Å²) in [6.07, 6.45) is 3.21. The van der Waals surface area contributed by atoms with E-state index in [1.165, 1.54) is 11.0 Å². The number of amides is 1. The van der Waals surface area contributed by atoms with Crippen LogP contribution in [0, 0.1) is 12.7 Å². The van der Waals surface area contributed by atoms with Gasteiger partial charge in [0.2, 0.25) is 0 Å². The van der Waals surface area contributed by atoms with Gasteiger partial charge in [-0.15, -0.1) is 0 Å². The topological polar surface area (TPSA) is 60.9 Å². The van der Waals surface area contributed by atoms with Crippen molar-refractivity contribution < 1.29 is 19.1 Å². The molecular weight excluding hydrogens is 503 g/mol. The van der Waals surface area contributed by atoms with Crippen LogP contribution in [0.3, 0.4) is 0 Å². The molecule has 0 aromatic heterocycles. The molecule has 5 nitrogen and oxygen atoms in total. The minimum atomic E-state index is -1.06. The van der Waals surface area contributed by atoms with Crippen molar-refractivity contribution in [2.45, 2.75) is 38.3 Å². The fourth-order valence-corrected chi connectivity index (χ4v) is 5.61. The van der Waals surface area contributed by atoms with Gasteiger partial charge in [0.05, 0.1) is 17.7 Å². The molecule has 2 atom stereocenters. The van der Waals surface area contributed by atoms with E-state index in [9.17, 15) is 14.7 Å². The van der Waals surface area contributed by atoms with Crippen molar-refractivity contribution in [1.82, 2.24) is 9.80 Å².